The van der Waals surface area contributed by atoms with Crippen molar-refractivity contribution in [3.63, 3.8) is 0 Å². The van der Waals surface area contributed by atoms with Crippen LogP contribution < -0.4 is 0 Å². The molecule has 0 nitrogen and oxygen atoms in total. The summed E-state index contributed by atoms with van der Waals surface area (Å²) in [6.07, 6.45) is 4.22. The second kappa shape index (κ2) is 3.44. The van der Waals surface area contributed by atoms with E-state index in [1.54, 1.807) is 9.81 Å². The number of allylic oxidation sites excluding steroid dienone is 2. The first-order chi connectivity index (χ1) is 5.38. The Kier molecular flexibility index (Phi) is 2.52. The van der Waals surface area contributed by atoms with Crippen molar-refractivity contribution in [2.45, 2.75) is 26.2 Å². The highest BCUT2D eigenvalue weighted by Crippen LogP contribution is 2.45. The van der Waals surface area contributed by atoms with Crippen LogP contribution >= 0.6 is 23.5 Å². The lowest BCUT2D eigenvalue weighted by molar-refractivity contribution is 0.571. The van der Waals surface area contributed by atoms with Crippen LogP contribution in [-0.4, -0.2) is 11.5 Å². The molecule has 0 spiro atoms. The fraction of sp³-hybridized carbons (Fsp3) is 0.778. The highest BCUT2D eigenvalue weighted by atomic mass is 32.2. The SMILES string of the molecule is CC1CCCC2=C1SCCS2. The Hall–Kier alpha value is 0.440. The van der Waals surface area contributed by atoms with Gasteiger partial charge in [-0.25, -0.2) is 0 Å². The van der Waals surface area contributed by atoms with E-state index in [4.69, 9.17) is 0 Å². The topological polar surface area (TPSA) is 0 Å². The fourth-order valence-electron chi connectivity index (χ4n) is 1.78. The standard InChI is InChI=1S/C9H14S2/c1-7-3-2-4-8-9(7)11-6-5-10-8/h7H,2-6H2,1H3. The van der Waals surface area contributed by atoms with Gasteiger partial charge < -0.3 is 0 Å². The average molecular weight is 186 g/mol. The van der Waals surface area contributed by atoms with E-state index in [9.17, 15) is 0 Å². The van der Waals surface area contributed by atoms with Gasteiger partial charge in [0.2, 0.25) is 0 Å². The molecule has 0 saturated heterocycles. The molecule has 0 aromatic carbocycles. The summed E-state index contributed by atoms with van der Waals surface area (Å²) < 4.78 is 0. The molecule has 1 aliphatic heterocycles. The van der Waals surface area contributed by atoms with Crippen molar-refractivity contribution in [3.8, 4) is 0 Å². The predicted octanol–water partition coefficient (Wildman–Crippen LogP) is 3.50. The molecule has 0 amide bonds. The van der Waals surface area contributed by atoms with Crippen molar-refractivity contribution in [2.24, 2.45) is 5.92 Å². The fourth-order valence-corrected chi connectivity index (χ4v) is 4.56. The third kappa shape index (κ3) is 1.62. The van der Waals surface area contributed by atoms with Gasteiger partial charge in [0.15, 0.2) is 0 Å². The van der Waals surface area contributed by atoms with Crippen LogP contribution in [0.4, 0.5) is 0 Å². The lowest BCUT2D eigenvalue weighted by Gasteiger charge is -2.28. The van der Waals surface area contributed by atoms with Crippen LogP contribution in [-0.2, 0) is 0 Å². The summed E-state index contributed by atoms with van der Waals surface area (Å²) in [6, 6.07) is 0. The molecule has 0 N–H and O–H groups in total. The molecular formula is C9H14S2. The predicted molar refractivity (Wildman–Crippen MR) is 55.0 cm³/mol. The second-order valence-electron chi connectivity index (χ2n) is 3.28. The maximum Gasteiger partial charge on any atom is 0.00716 e. The van der Waals surface area contributed by atoms with Gasteiger partial charge in [-0.2, -0.15) is 0 Å². The van der Waals surface area contributed by atoms with Crippen molar-refractivity contribution in [3.05, 3.63) is 9.81 Å². The van der Waals surface area contributed by atoms with E-state index in [0.717, 1.165) is 5.92 Å². The summed E-state index contributed by atoms with van der Waals surface area (Å²) in [5, 5.41) is 0. The molecule has 1 heterocycles. The molecule has 62 valence electrons. The normalized spacial score (nSPS) is 31.9. The van der Waals surface area contributed by atoms with Gasteiger partial charge in [-0.05, 0) is 35.0 Å². The number of thioether (sulfide) groups is 2. The van der Waals surface area contributed by atoms with Crippen LogP contribution in [0.5, 0.6) is 0 Å². The molecule has 0 saturated carbocycles. The van der Waals surface area contributed by atoms with E-state index in [0.29, 0.717) is 0 Å². The van der Waals surface area contributed by atoms with Crippen LogP contribution in [0, 0.1) is 5.92 Å². The van der Waals surface area contributed by atoms with Crippen molar-refractivity contribution in [1.29, 1.82) is 0 Å². The monoisotopic (exact) mass is 186 g/mol. The first-order valence-corrected chi connectivity index (χ1v) is 6.33. The van der Waals surface area contributed by atoms with Crippen LogP contribution in [0.2, 0.25) is 0 Å². The van der Waals surface area contributed by atoms with Crippen LogP contribution in [0.3, 0.4) is 0 Å². The third-order valence-corrected chi connectivity index (χ3v) is 5.32. The zero-order valence-corrected chi connectivity index (χ0v) is 8.56. The van der Waals surface area contributed by atoms with E-state index in [1.165, 1.54) is 30.8 Å². The molecule has 1 aliphatic carbocycles. The van der Waals surface area contributed by atoms with E-state index in [1.807, 2.05) is 0 Å². The molecular weight excluding hydrogens is 172 g/mol. The van der Waals surface area contributed by atoms with Gasteiger partial charge in [0.25, 0.3) is 0 Å². The zero-order valence-electron chi connectivity index (χ0n) is 6.93. The Labute approximate surface area is 77.2 Å². The van der Waals surface area contributed by atoms with E-state index in [2.05, 4.69) is 30.4 Å². The van der Waals surface area contributed by atoms with Crippen LogP contribution in [0.1, 0.15) is 26.2 Å². The maximum atomic E-state index is 2.38. The zero-order chi connectivity index (χ0) is 7.68. The van der Waals surface area contributed by atoms with Crippen molar-refractivity contribution >= 4 is 23.5 Å². The van der Waals surface area contributed by atoms with Gasteiger partial charge in [0.1, 0.15) is 0 Å². The summed E-state index contributed by atoms with van der Waals surface area (Å²) in [6.45, 7) is 2.38. The molecule has 1 unspecified atom stereocenters. The van der Waals surface area contributed by atoms with Crippen LogP contribution in [0.25, 0.3) is 0 Å². The van der Waals surface area contributed by atoms with Crippen molar-refractivity contribution in [1.82, 2.24) is 0 Å². The van der Waals surface area contributed by atoms with E-state index in [-0.39, 0.29) is 0 Å². The highest BCUT2D eigenvalue weighted by molar-refractivity contribution is 8.10. The molecule has 0 fully saturated rings. The molecule has 0 radical (unpaired) electrons. The molecule has 1 atom stereocenters. The van der Waals surface area contributed by atoms with E-state index >= 15 is 0 Å². The molecule has 11 heavy (non-hydrogen) atoms. The summed E-state index contributed by atoms with van der Waals surface area (Å²) in [4.78, 5) is 3.45. The first-order valence-electron chi connectivity index (χ1n) is 4.36. The molecule has 2 heteroatoms. The lowest BCUT2D eigenvalue weighted by atomic mass is 9.97. The smallest absolute Gasteiger partial charge is 0.00716 e. The lowest BCUT2D eigenvalue weighted by Crippen LogP contribution is -2.10. The average Bonchev–Trinajstić information content (AvgIpc) is 2.06. The van der Waals surface area contributed by atoms with Gasteiger partial charge >= 0.3 is 0 Å². The Morgan fingerprint density at radius 2 is 2.09 bits per heavy atom. The van der Waals surface area contributed by atoms with Gasteiger partial charge in [-0.1, -0.05) is 6.92 Å². The Balaban J connectivity index is 2.21. The Bertz CT molecular complexity index is 180. The third-order valence-electron chi connectivity index (χ3n) is 2.38. The first kappa shape index (κ1) is 8.06. The van der Waals surface area contributed by atoms with Crippen molar-refractivity contribution in [2.75, 3.05) is 11.5 Å². The quantitative estimate of drug-likeness (QED) is 0.568. The van der Waals surface area contributed by atoms with Gasteiger partial charge in [0.05, 0.1) is 0 Å². The minimum atomic E-state index is 0.872. The highest BCUT2D eigenvalue weighted by Gasteiger charge is 2.22. The largest absolute Gasteiger partial charge is 0.129 e. The maximum absolute atomic E-state index is 2.38. The summed E-state index contributed by atoms with van der Waals surface area (Å²) in [5.74, 6) is 3.56. The van der Waals surface area contributed by atoms with Crippen molar-refractivity contribution < 1.29 is 0 Å². The summed E-state index contributed by atoms with van der Waals surface area (Å²) in [5.41, 5.74) is 0. The molecule has 2 aliphatic rings. The number of hydrogen-bond donors (Lipinski definition) is 0. The van der Waals surface area contributed by atoms with Gasteiger partial charge in [-0.15, -0.1) is 23.5 Å². The minimum Gasteiger partial charge on any atom is -0.129 e. The van der Waals surface area contributed by atoms with Gasteiger partial charge in [-0.3, -0.25) is 0 Å². The second-order valence-corrected chi connectivity index (χ2v) is 5.60. The molecule has 2 rings (SSSR count). The Morgan fingerprint density at radius 3 is 2.91 bits per heavy atom. The molecule has 0 aromatic heterocycles. The molecule has 0 aromatic rings. The Morgan fingerprint density at radius 1 is 1.27 bits per heavy atom. The van der Waals surface area contributed by atoms with Crippen LogP contribution in [0.15, 0.2) is 9.81 Å². The van der Waals surface area contributed by atoms with E-state index < -0.39 is 0 Å². The van der Waals surface area contributed by atoms with Gasteiger partial charge in [0, 0.05) is 11.5 Å². The summed E-state index contributed by atoms with van der Waals surface area (Å²) >= 11 is 4.22. The number of hydrogen-bond acceptors (Lipinski definition) is 2. The molecule has 0 bridgehead atoms. The minimum absolute atomic E-state index is 0.872. The number of rotatable bonds is 0. The summed E-state index contributed by atoms with van der Waals surface area (Å²) in [7, 11) is 0.